The second kappa shape index (κ2) is 8.08. The van der Waals surface area contributed by atoms with Gasteiger partial charge in [-0.2, -0.15) is 0 Å². The monoisotopic (exact) mass is 318 g/mol. The Morgan fingerprint density at radius 2 is 2.00 bits per heavy atom. The van der Waals surface area contributed by atoms with Crippen LogP contribution in [0.25, 0.3) is 0 Å². The summed E-state index contributed by atoms with van der Waals surface area (Å²) in [4.78, 5) is 0. The number of aryl methyl sites for hydroxylation is 1. The lowest BCUT2D eigenvalue weighted by atomic mass is 9.86. The van der Waals surface area contributed by atoms with Crippen molar-refractivity contribution in [2.45, 2.75) is 91.1 Å². The van der Waals surface area contributed by atoms with Gasteiger partial charge in [-0.25, -0.2) is 0 Å². The maximum Gasteiger partial charge on any atom is 0.127 e. The van der Waals surface area contributed by atoms with Gasteiger partial charge in [0.25, 0.3) is 0 Å². The SMILES string of the molecule is CCCCCc1cc(O)c2c(c1)O[C@@](C)(CCCC(C)C)CC2. The molecular formula is C21H34O2. The number of hydrogen-bond acceptors (Lipinski definition) is 2. The first-order valence-electron chi connectivity index (χ1n) is 9.47. The lowest BCUT2D eigenvalue weighted by Gasteiger charge is -2.36. The summed E-state index contributed by atoms with van der Waals surface area (Å²) in [6, 6.07) is 4.11. The summed E-state index contributed by atoms with van der Waals surface area (Å²) in [6.07, 6.45) is 10.2. The van der Waals surface area contributed by atoms with Crippen molar-refractivity contribution in [3.8, 4) is 11.5 Å². The normalized spacial score (nSPS) is 20.4. The molecule has 0 radical (unpaired) electrons. The molecule has 0 saturated heterocycles. The van der Waals surface area contributed by atoms with E-state index in [2.05, 4.69) is 33.8 Å². The number of unbranched alkanes of at least 4 members (excludes halogenated alkanes) is 2. The van der Waals surface area contributed by atoms with Crippen molar-refractivity contribution in [3.63, 3.8) is 0 Å². The quantitative estimate of drug-likeness (QED) is 0.592. The Morgan fingerprint density at radius 1 is 1.22 bits per heavy atom. The number of phenols is 1. The molecule has 1 atom stereocenters. The van der Waals surface area contributed by atoms with Crippen molar-refractivity contribution < 1.29 is 9.84 Å². The summed E-state index contributed by atoms with van der Waals surface area (Å²) in [6.45, 7) is 9.01. The molecule has 0 spiro atoms. The Bertz CT molecular complexity index is 507. The van der Waals surface area contributed by atoms with Crippen LogP contribution in [0, 0.1) is 5.92 Å². The Morgan fingerprint density at radius 3 is 2.70 bits per heavy atom. The number of benzene rings is 1. The van der Waals surface area contributed by atoms with E-state index >= 15 is 0 Å². The molecule has 1 aliphatic heterocycles. The molecule has 2 nitrogen and oxygen atoms in total. The number of aromatic hydroxyl groups is 1. The molecule has 0 unspecified atom stereocenters. The van der Waals surface area contributed by atoms with E-state index in [1.54, 1.807) is 0 Å². The Balaban J connectivity index is 2.05. The average molecular weight is 319 g/mol. The van der Waals surface area contributed by atoms with Crippen molar-refractivity contribution in [2.75, 3.05) is 0 Å². The van der Waals surface area contributed by atoms with Crippen LogP contribution in [-0.2, 0) is 12.8 Å². The zero-order chi connectivity index (χ0) is 16.9. The number of ether oxygens (including phenoxy) is 1. The molecule has 1 N–H and O–H groups in total. The van der Waals surface area contributed by atoms with Gasteiger partial charge in [0, 0.05) is 5.56 Å². The molecule has 0 fully saturated rings. The van der Waals surface area contributed by atoms with Crippen LogP contribution in [0.2, 0.25) is 0 Å². The van der Waals surface area contributed by atoms with Gasteiger partial charge in [0.15, 0.2) is 0 Å². The highest BCUT2D eigenvalue weighted by Gasteiger charge is 2.32. The highest BCUT2D eigenvalue weighted by atomic mass is 16.5. The zero-order valence-electron chi connectivity index (χ0n) is 15.5. The van der Waals surface area contributed by atoms with E-state index in [9.17, 15) is 5.11 Å². The second-order valence-corrected chi connectivity index (χ2v) is 7.89. The van der Waals surface area contributed by atoms with E-state index in [-0.39, 0.29) is 5.60 Å². The van der Waals surface area contributed by atoms with Crippen LogP contribution in [0.15, 0.2) is 12.1 Å². The van der Waals surface area contributed by atoms with Crippen LogP contribution in [0.4, 0.5) is 0 Å². The van der Waals surface area contributed by atoms with Crippen molar-refractivity contribution in [2.24, 2.45) is 5.92 Å². The van der Waals surface area contributed by atoms with Gasteiger partial charge in [-0.1, -0.05) is 40.0 Å². The molecule has 130 valence electrons. The number of hydrogen-bond donors (Lipinski definition) is 1. The van der Waals surface area contributed by atoms with Gasteiger partial charge in [0.1, 0.15) is 17.1 Å². The standard InChI is InChI=1S/C21H34O2/c1-5-6-7-10-17-14-19(22)18-11-13-21(4,23-20(18)15-17)12-8-9-16(2)3/h14-16,22H,5-13H2,1-4H3/t21-/m0/s1. The molecule has 2 rings (SSSR count). The van der Waals surface area contributed by atoms with Gasteiger partial charge < -0.3 is 9.84 Å². The van der Waals surface area contributed by atoms with Crippen LogP contribution < -0.4 is 4.74 Å². The van der Waals surface area contributed by atoms with Crippen molar-refractivity contribution in [3.05, 3.63) is 23.3 Å². The van der Waals surface area contributed by atoms with E-state index in [4.69, 9.17) is 4.74 Å². The molecule has 0 bridgehead atoms. The summed E-state index contributed by atoms with van der Waals surface area (Å²) >= 11 is 0. The summed E-state index contributed by atoms with van der Waals surface area (Å²) in [5, 5.41) is 10.3. The van der Waals surface area contributed by atoms with E-state index < -0.39 is 0 Å². The molecule has 2 heteroatoms. The highest BCUT2D eigenvalue weighted by molar-refractivity contribution is 5.49. The summed E-state index contributed by atoms with van der Waals surface area (Å²) < 4.78 is 6.37. The van der Waals surface area contributed by atoms with Crippen molar-refractivity contribution in [1.29, 1.82) is 0 Å². The van der Waals surface area contributed by atoms with E-state index in [1.165, 1.54) is 37.7 Å². The molecule has 0 aromatic heterocycles. The highest BCUT2D eigenvalue weighted by Crippen LogP contribution is 2.41. The lowest BCUT2D eigenvalue weighted by Crippen LogP contribution is -2.36. The Kier molecular flexibility index (Phi) is 6.38. The number of rotatable bonds is 8. The van der Waals surface area contributed by atoms with Crippen LogP contribution in [-0.4, -0.2) is 10.7 Å². The van der Waals surface area contributed by atoms with E-state index in [0.29, 0.717) is 5.75 Å². The summed E-state index contributed by atoms with van der Waals surface area (Å²) in [7, 11) is 0. The molecular weight excluding hydrogens is 284 g/mol. The predicted molar refractivity (Wildman–Crippen MR) is 97.4 cm³/mol. The van der Waals surface area contributed by atoms with Gasteiger partial charge in [0.05, 0.1) is 0 Å². The van der Waals surface area contributed by atoms with Crippen molar-refractivity contribution >= 4 is 0 Å². The van der Waals surface area contributed by atoms with Crippen LogP contribution in [0.1, 0.15) is 83.8 Å². The Labute approximate surface area is 142 Å². The first-order valence-corrected chi connectivity index (χ1v) is 9.47. The second-order valence-electron chi connectivity index (χ2n) is 7.89. The van der Waals surface area contributed by atoms with Gasteiger partial charge >= 0.3 is 0 Å². The summed E-state index contributed by atoms with van der Waals surface area (Å²) in [5.74, 6) is 2.11. The van der Waals surface area contributed by atoms with Gasteiger partial charge in [-0.3, -0.25) is 0 Å². The van der Waals surface area contributed by atoms with E-state index in [1.807, 2.05) is 6.07 Å². The minimum atomic E-state index is -0.0730. The molecule has 0 saturated carbocycles. The fraction of sp³-hybridized carbons (Fsp3) is 0.714. The fourth-order valence-electron chi connectivity index (χ4n) is 3.52. The number of phenolic OH excluding ortho intramolecular Hbond substituents is 1. The maximum atomic E-state index is 10.3. The minimum absolute atomic E-state index is 0.0730. The van der Waals surface area contributed by atoms with Crippen LogP contribution in [0.5, 0.6) is 11.5 Å². The summed E-state index contributed by atoms with van der Waals surface area (Å²) in [5.41, 5.74) is 2.14. The predicted octanol–water partition coefficient (Wildman–Crippen LogP) is 6.03. The van der Waals surface area contributed by atoms with Gasteiger partial charge in [0.2, 0.25) is 0 Å². The minimum Gasteiger partial charge on any atom is -0.508 e. The average Bonchev–Trinajstić information content (AvgIpc) is 2.46. The molecule has 0 amide bonds. The van der Waals surface area contributed by atoms with Gasteiger partial charge in [-0.15, -0.1) is 0 Å². The largest absolute Gasteiger partial charge is 0.508 e. The Hall–Kier alpha value is -1.18. The first-order chi connectivity index (χ1) is 10.9. The third-order valence-corrected chi connectivity index (χ3v) is 5.06. The lowest BCUT2D eigenvalue weighted by molar-refractivity contribution is 0.0519. The molecule has 1 aromatic rings. The smallest absolute Gasteiger partial charge is 0.127 e. The molecule has 0 aliphatic carbocycles. The third kappa shape index (κ3) is 5.16. The van der Waals surface area contributed by atoms with Crippen LogP contribution >= 0.6 is 0 Å². The topological polar surface area (TPSA) is 29.5 Å². The molecule has 23 heavy (non-hydrogen) atoms. The molecule has 1 aromatic carbocycles. The first kappa shape index (κ1) is 18.2. The number of fused-ring (bicyclic) bond motifs is 1. The van der Waals surface area contributed by atoms with E-state index in [0.717, 1.165) is 42.9 Å². The maximum absolute atomic E-state index is 10.3. The van der Waals surface area contributed by atoms with Crippen molar-refractivity contribution in [1.82, 2.24) is 0 Å². The van der Waals surface area contributed by atoms with Gasteiger partial charge in [-0.05, 0) is 69.1 Å². The molecule has 1 heterocycles. The zero-order valence-corrected chi connectivity index (χ0v) is 15.5. The molecule has 1 aliphatic rings. The third-order valence-electron chi connectivity index (χ3n) is 5.06. The van der Waals surface area contributed by atoms with Crippen LogP contribution in [0.3, 0.4) is 0 Å². The fourth-order valence-corrected chi connectivity index (χ4v) is 3.52.